The van der Waals surface area contributed by atoms with Crippen molar-refractivity contribution < 1.29 is 0 Å². The Morgan fingerprint density at radius 1 is 1.54 bits per heavy atom. The van der Waals surface area contributed by atoms with Gasteiger partial charge in [0.1, 0.15) is 5.82 Å². The van der Waals surface area contributed by atoms with Crippen LogP contribution in [0.1, 0.15) is 9.88 Å². The van der Waals surface area contributed by atoms with Gasteiger partial charge in [-0.1, -0.05) is 0 Å². The molecule has 5 N–H and O–H groups in total. The van der Waals surface area contributed by atoms with Gasteiger partial charge in [0.05, 0.1) is 16.1 Å². The highest BCUT2D eigenvalue weighted by Gasteiger charge is 2.12. The third-order valence-corrected chi connectivity index (χ3v) is 2.45. The number of thiazole rings is 1. The molecule has 13 heavy (non-hydrogen) atoms. The molecule has 2 rings (SSSR count). The van der Waals surface area contributed by atoms with E-state index in [0.717, 1.165) is 10.8 Å². The third-order valence-electron chi connectivity index (χ3n) is 1.52. The number of rotatable bonds is 0. The first-order valence-corrected chi connectivity index (χ1v) is 4.83. The maximum absolute atomic E-state index is 5.63. The monoisotopic (exact) mass is 198 g/mol. The zero-order valence-corrected chi connectivity index (χ0v) is 8.56. The number of aromatic nitrogens is 1. The largest absolute Gasteiger partial charge is 0.350 e. The maximum Gasteiger partial charge on any atom is 0.146 e. The highest BCUT2D eigenvalue weighted by atomic mass is 32.1. The summed E-state index contributed by atoms with van der Waals surface area (Å²) in [7, 11) is 1.50. The van der Waals surface area contributed by atoms with Crippen molar-refractivity contribution in [3.63, 3.8) is 0 Å². The lowest BCUT2D eigenvalue weighted by atomic mass is 10.3. The molecule has 4 nitrogen and oxygen atoms in total. The van der Waals surface area contributed by atoms with Crippen LogP contribution in [0.3, 0.4) is 0 Å². The summed E-state index contributed by atoms with van der Waals surface area (Å²) >= 11 is 1.68. The number of nitrogens with two attached hydrogens (primary N) is 2. The fraction of sp³-hybridized carbons (Fsp3) is 0.375. The van der Waals surface area contributed by atoms with E-state index in [0.29, 0.717) is 0 Å². The average molecular weight is 198 g/mol. The van der Waals surface area contributed by atoms with Crippen LogP contribution in [0.4, 0.5) is 5.82 Å². The van der Waals surface area contributed by atoms with Gasteiger partial charge in [0.15, 0.2) is 0 Å². The van der Waals surface area contributed by atoms with Gasteiger partial charge in [-0.05, 0) is 26.1 Å². The minimum atomic E-state index is -0.0796. The Kier molecular flexibility index (Phi) is 3.41. The Bertz CT molecular complexity index is 305. The summed E-state index contributed by atoms with van der Waals surface area (Å²) in [6, 6.07) is 0. The zero-order chi connectivity index (χ0) is 9.84. The molecule has 0 bridgehead atoms. The van der Waals surface area contributed by atoms with Crippen molar-refractivity contribution in [1.29, 1.82) is 0 Å². The second-order valence-corrected chi connectivity index (χ2v) is 3.71. The van der Waals surface area contributed by atoms with E-state index in [9.17, 15) is 0 Å². The maximum atomic E-state index is 5.63. The van der Waals surface area contributed by atoms with E-state index in [1.54, 1.807) is 11.3 Å². The van der Waals surface area contributed by atoms with Gasteiger partial charge in [-0.15, -0.1) is 11.3 Å². The molecule has 1 unspecified atom stereocenters. The predicted molar refractivity (Wildman–Crippen MR) is 57.6 cm³/mol. The topological polar surface area (TPSA) is 77.0 Å². The molecule has 0 aromatic carbocycles. The van der Waals surface area contributed by atoms with Crippen LogP contribution in [-0.4, -0.2) is 18.2 Å². The van der Waals surface area contributed by atoms with E-state index in [-0.39, 0.29) is 6.17 Å². The van der Waals surface area contributed by atoms with E-state index in [1.165, 1.54) is 11.9 Å². The molecule has 0 spiro atoms. The van der Waals surface area contributed by atoms with Crippen molar-refractivity contribution in [2.45, 2.75) is 13.1 Å². The summed E-state index contributed by atoms with van der Waals surface area (Å²) in [5.41, 5.74) is 10.1. The molecule has 5 heteroatoms. The normalized spacial score (nSPS) is 18.3. The minimum Gasteiger partial charge on any atom is -0.350 e. The molecular weight excluding hydrogens is 184 g/mol. The van der Waals surface area contributed by atoms with Crippen LogP contribution in [-0.2, 0) is 0 Å². The standard InChI is InChI=1S/C7H9N3S.CH5N/c1-4-9-7-5(11-4)2-3-6(8)10-7;1-2/h2-3,6,10H,8H2,1H3;2H2,1H3. The average Bonchev–Trinajstić information content (AvgIpc) is 2.48. The van der Waals surface area contributed by atoms with Crippen molar-refractivity contribution in [2.75, 3.05) is 12.4 Å². The van der Waals surface area contributed by atoms with Crippen LogP contribution in [0.25, 0.3) is 6.08 Å². The van der Waals surface area contributed by atoms with E-state index < -0.39 is 0 Å². The summed E-state index contributed by atoms with van der Waals surface area (Å²) in [5, 5.41) is 4.14. The Morgan fingerprint density at radius 2 is 2.23 bits per heavy atom. The summed E-state index contributed by atoms with van der Waals surface area (Å²) in [6.45, 7) is 1.99. The zero-order valence-electron chi connectivity index (χ0n) is 7.74. The Balaban J connectivity index is 0.000000396. The lowest BCUT2D eigenvalue weighted by Gasteiger charge is -2.13. The molecule has 0 amide bonds. The summed E-state index contributed by atoms with van der Waals surface area (Å²) in [4.78, 5) is 5.45. The first-order valence-electron chi connectivity index (χ1n) is 4.01. The van der Waals surface area contributed by atoms with Crippen LogP contribution < -0.4 is 16.8 Å². The van der Waals surface area contributed by atoms with Crippen molar-refractivity contribution in [1.82, 2.24) is 4.98 Å². The first kappa shape index (κ1) is 10.2. The molecule has 0 aliphatic carbocycles. The molecule has 2 heterocycles. The lowest BCUT2D eigenvalue weighted by Crippen LogP contribution is -2.28. The highest BCUT2D eigenvalue weighted by molar-refractivity contribution is 7.13. The molecule has 1 aromatic heterocycles. The Hall–Kier alpha value is -0.910. The van der Waals surface area contributed by atoms with Gasteiger partial charge in [0.25, 0.3) is 0 Å². The van der Waals surface area contributed by atoms with Crippen molar-refractivity contribution in [3.05, 3.63) is 16.0 Å². The van der Waals surface area contributed by atoms with Gasteiger partial charge in [0.2, 0.25) is 0 Å². The number of hydrogen-bond acceptors (Lipinski definition) is 5. The van der Waals surface area contributed by atoms with Gasteiger partial charge in [-0.25, -0.2) is 4.98 Å². The van der Waals surface area contributed by atoms with Crippen LogP contribution in [0.15, 0.2) is 6.08 Å². The molecule has 1 aliphatic rings. The SMILES string of the molecule is CN.Cc1nc2c(s1)C=CC(N)N2. The van der Waals surface area contributed by atoms with Crippen molar-refractivity contribution in [3.8, 4) is 0 Å². The van der Waals surface area contributed by atoms with Crippen LogP contribution in [0, 0.1) is 6.92 Å². The molecule has 0 radical (unpaired) electrons. The highest BCUT2D eigenvalue weighted by Crippen LogP contribution is 2.26. The van der Waals surface area contributed by atoms with Gasteiger partial charge in [0, 0.05) is 0 Å². The number of nitrogens with zero attached hydrogens (tertiary/aromatic N) is 1. The summed E-state index contributed by atoms with van der Waals surface area (Å²) in [6.07, 6.45) is 3.87. The molecule has 0 saturated carbocycles. The summed E-state index contributed by atoms with van der Waals surface area (Å²) in [5.74, 6) is 0.919. The molecule has 1 aromatic rings. The molecule has 0 saturated heterocycles. The quantitative estimate of drug-likeness (QED) is 0.575. The van der Waals surface area contributed by atoms with Gasteiger partial charge < -0.3 is 16.8 Å². The van der Waals surface area contributed by atoms with E-state index >= 15 is 0 Å². The number of anilines is 1. The molecule has 72 valence electrons. The Labute approximate surface area is 81.7 Å². The fourth-order valence-electron chi connectivity index (χ4n) is 1.06. The van der Waals surface area contributed by atoms with Gasteiger partial charge in [-0.2, -0.15) is 0 Å². The molecular formula is C8H14N4S. The van der Waals surface area contributed by atoms with E-state index in [4.69, 9.17) is 5.73 Å². The molecule has 0 fully saturated rings. The molecule has 1 aliphatic heterocycles. The number of nitrogens with one attached hydrogen (secondary N) is 1. The fourth-order valence-corrected chi connectivity index (χ4v) is 1.86. The van der Waals surface area contributed by atoms with E-state index in [2.05, 4.69) is 16.0 Å². The van der Waals surface area contributed by atoms with Crippen LogP contribution >= 0.6 is 11.3 Å². The smallest absolute Gasteiger partial charge is 0.146 e. The number of aryl methyl sites for hydroxylation is 1. The second-order valence-electron chi connectivity index (χ2n) is 2.47. The van der Waals surface area contributed by atoms with Crippen molar-refractivity contribution >= 4 is 23.2 Å². The lowest BCUT2D eigenvalue weighted by molar-refractivity contribution is 0.928. The van der Waals surface area contributed by atoms with Crippen molar-refractivity contribution in [2.24, 2.45) is 11.5 Å². The van der Waals surface area contributed by atoms with Gasteiger partial charge >= 0.3 is 0 Å². The second kappa shape index (κ2) is 4.36. The van der Waals surface area contributed by atoms with E-state index in [1.807, 2.05) is 19.1 Å². The summed E-state index contributed by atoms with van der Waals surface area (Å²) < 4.78 is 0. The van der Waals surface area contributed by atoms with Crippen LogP contribution in [0.5, 0.6) is 0 Å². The predicted octanol–water partition coefficient (Wildman–Crippen LogP) is 0.750. The number of fused-ring (bicyclic) bond motifs is 1. The van der Waals surface area contributed by atoms with Gasteiger partial charge in [-0.3, -0.25) is 0 Å². The molecule has 1 atom stereocenters. The van der Waals surface area contributed by atoms with Crippen LogP contribution in [0.2, 0.25) is 0 Å². The third kappa shape index (κ3) is 2.27. The first-order chi connectivity index (χ1) is 6.25. The minimum absolute atomic E-state index is 0.0796. The Morgan fingerprint density at radius 3 is 2.92 bits per heavy atom. The number of hydrogen-bond donors (Lipinski definition) is 3.